The maximum atomic E-state index is 5.63. The summed E-state index contributed by atoms with van der Waals surface area (Å²) in [5.74, 6) is 0. The van der Waals surface area contributed by atoms with Crippen molar-refractivity contribution >= 4 is 0 Å². The van der Waals surface area contributed by atoms with Crippen LogP contribution < -0.4 is 5.73 Å². The van der Waals surface area contributed by atoms with Crippen LogP contribution in [0.1, 0.15) is 17.1 Å². The third-order valence-electron chi connectivity index (χ3n) is 2.38. The van der Waals surface area contributed by atoms with Crippen molar-refractivity contribution in [2.75, 3.05) is 0 Å². The van der Waals surface area contributed by atoms with E-state index in [2.05, 4.69) is 9.97 Å². The largest absolute Gasteiger partial charge is 0.325 e. The van der Waals surface area contributed by atoms with Gasteiger partial charge in [0, 0.05) is 18.4 Å². The Morgan fingerprint density at radius 1 is 1.33 bits per heavy atom. The van der Waals surface area contributed by atoms with Gasteiger partial charge in [-0.15, -0.1) is 0 Å². The molecule has 0 atom stereocenters. The van der Waals surface area contributed by atoms with Crippen molar-refractivity contribution in [1.29, 1.82) is 0 Å². The molecule has 0 amide bonds. The monoisotopic (exact) mass is 202 g/mol. The van der Waals surface area contributed by atoms with Gasteiger partial charge in [0.05, 0.1) is 23.4 Å². The van der Waals surface area contributed by atoms with Gasteiger partial charge in [0.2, 0.25) is 0 Å². The van der Waals surface area contributed by atoms with Crippen molar-refractivity contribution in [3.63, 3.8) is 0 Å². The molecule has 0 aliphatic carbocycles. The van der Waals surface area contributed by atoms with Gasteiger partial charge in [-0.1, -0.05) is 0 Å². The summed E-state index contributed by atoms with van der Waals surface area (Å²) >= 11 is 0. The molecule has 2 aromatic heterocycles. The number of hydrogen-bond donors (Lipinski definition) is 1. The predicted octanol–water partition coefficient (Wildman–Crippen LogP) is 1.34. The first-order valence-corrected chi connectivity index (χ1v) is 4.88. The maximum Gasteiger partial charge on any atom is 0.0995 e. The van der Waals surface area contributed by atoms with Gasteiger partial charge in [0.15, 0.2) is 0 Å². The van der Waals surface area contributed by atoms with E-state index in [-0.39, 0.29) is 0 Å². The number of nitrogens with zero attached hydrogens (tertiary/aromatic N) is 3. The summed E-state index contributed by atoms with van der Waals surface area (Å²) in [5.41, 5.74) is 9.67. The summed E-state index contributed by atoms with van der Waals surface area (Å²) in [6.45, 7) is 4.45. The second-order valence-electron chi connectivity index (χ2n) is 3.52. The first kappa shape index (κ1) is 9.86. The molecular formula is C11H14N4. The standard InChI is InChI=1S/C11H14N4/c1-8-3-4-11(9(2)14-8)15-7-13-6-10(15)5-12/h3-4,6-7H,5,12H2,1-2H3. The second-order valence-corrected chi connectivity index (χ2v) is 3.52. The fraction of sp³-hybridized carbons (Fsp3) is 0.273. The highest BCUT2D eigenvalue weighted by molar-refractivity contribution is 5.38. The normalized spacial score (nSPS) is 10.6. The lowest BCUT2D eigenvalue weighted by atomic mass is 10.2. The molecule has 0 radical (unpaired) electrons. The van der Waals surface area contributed by atoms with Crippen LogP contribution in [-0.4, -0.2) is 14.5 Å². The van der Waals surface area contributed by atoms with Crippen LogP contribution in [0.5, 0.6) is 0 Å². The van der Waals surface area contributed by atoms with Crippen molar-refractivity contribution in [1.82, 2.24) is 14.5 Å². The Morgan fingerprint density at radius 2 is 2.13 bits per heavy atom. The summed E-state index contributed by atoms with van der Waals surface area (Å²) < 4.78 is 1.97. The number of hydrogen-bond acceptors (Lipinski definition) is 3. The fourth-order valence-corrected chi connectivity index (χ4v) is 1.62. The molecular weight excluding hydrogens is 188 g/mol. The van der Waals surface area contributed by atoms with Crippen LogP contribution in [0.25, 0.3) is 5.69 Å². The number of nitrogens with two attached hydrogens (primary N) is 1. The summed E-state index contributed by atoms with van der Waals surface area (Å²) in [6, 6.07) is 4.03. The van der Waals surface area contributed by atoms with Gasteiger partial charge >= 0.3 is 0 Å². The highest BCUT2D eigenvalue weighted by Gasteiger charge is 2.06. The summed E-state index contributed by atoms with van der Waals surface area (Å²) in [7, 11) is 0. The molecule has 4 heteroatoms. The molecule has 0 unspecified atom stereocenters. The van der Waals surface area contributed by atoms with E-state index >= 15 is 0 Å². The van der Waals surface area contributed by atoms with Crippen molar-refractivity contribution in [2.24, 2.45) is 5.73 Å². The van der Waals surface area contributed by atoms with Crippen molar-refractivity contribution in [3.8, 4) is 5.69 Å². The number of aryl methyl sites for hydroxylation is 2. The van der Waals surface area contributed by atoms with Gasteiger partial charge in [0.25, 0.3) is 0 Å². The number of aromatic nitrogens is 3. The van der Waals surface area contributed by atoms with E-state index in [9.17, 15) is 0 Å². The Kier molecular flexibility index (Phi) is 2.51. The van der Waals surface area contributed by atoms with Gasteiger partial charge in [-0.2, -0.15) is 0 Å². The molecule has 15 heavy (non-hydrogen) atoms. The molecule has 78 valence electrons. The van der Waals surface area contributed by atoms with Gasteiger partial charge in [-0.25, -0.2) is 4.98 Å². The average molecular weight is 202 g/mol. The SMILES string of the molecule is Cc1ccc(-n2cncc2CN)c(C)n1. The minimum Gasteiger partial charge on any atom is -0.325 e. The average Bonchev–Trinajstić information content (AvgIpc) is 2.65. The molecule has 0 bridgehead atoms. The van der Waals surface area contributed by atoms with E-state index in [0.29, 0.717) is 6.54 Å². The van der Waals surface area contributed by atoms with Crippen LogP contribution in [0.3, 0.4) is 0 Å². The molecule has 2 N–H and O–H groups in total. The molecule has 2 aromatic rings. The molecule has 0 saturated heterocycles. The van der Waals surface area contributed by atoms with Crippen molar-refractivity contribution in [3.05, 3.63) is 41.7 Å². The number of rotatable bonds is 2. The smallest absolute Gasteiger partial charge is 0.0995 e. The Bertz CT molecular complexity index is 473. The zero-order valence-electron chi connectivity index (χ0n) is 8.94. The van der Waals surface area contributed by atoms with Gasteiger partial charge < -0.3 is 10.3 Å². The fourth-order valence-electron chi connectivity index (χ4n) is 1.62. The van der Waals surface area contributed by atoms with Crippen LogP contribution in [0.15, 0.2) is 24.7 Å². The van der Waals surface area contributed by atoms with Crippen LogP contribution in [0.2, 0.25) is 0 Å². The lowest BCUT2D eigenvalue weighted by Gasteiger charge is -2.09. The highest BCUT2D eigenvalue weighted by atomic mass is 15.1. The van der Waals surface area contributed by atoms with E-state index in [1.165, 1.54) is 0 Å². The number of imidazole rings is 1. The minimum absolute atomic E-state index is 0.479. The molecule has 2 heterocycles. The quantitative estimate of drug-likeness (QED) is 0.799. The molecule has 4 nitrogen and oxygen atoms in total. The predicted molar refractivity (Wildman–Crippen MR) is 58.7 cm³/mol. The summed E-state index contributed by atoms with van der Waals surface area (Å²) in [6.07, 6.45) is 3.54. The van der Waals surface area contributed by atoms with Crippen molar-refractivity contribution in [2.45, 2.75) is 20.4 Å². The Morgan fingerprint density at radius 3 is 2.80 bits per heavy atom. The third-order valence-corrected chi connectivity index (χ3v) is 2.38. The first-order valence-electron chi connectivity index (χ1n) is 4.88. The lowest BCUT2D eigenvalue weighted by molar-refractivity contribution is 0.891. The molecule has 2 rings (SSSR count). The van der Waals surface area contributed by atoms with Crippen molar-refractivity contribution < 1.29 is 0 Å². The zero-order valence-corrected chi connectivity index (χ0v) is 8.94. The first-order chi connectivity index (χ1) is 7.22. The molecule has 0 aliphatic heterocycles. The topological polar surface area (TPSA) is 56.7 Å². The molecule has 0 saturated carbocycles. The molecule has 0 aromatic carbocycles. The molecule has 0 aliphatic rings. The van der Waals surface area contributed by atoms with E-state index in [1.54, 1.807) is 12.5 Å². The Balaban J connectivity index is 2.54. The van der Waals surface area contributed by atoms with Gasteiger partial charge in [-0.05, 0) is 26.0 Å². The summed E-state index contributed by atoms with van der Waals surface area (Å²) in [4.78, 5) is 8.50. The van der Waals surface area contributed by atoms with Crippen LogP contribution >= 0.6 is 0 Å². The van der Waals surface area contributed by atoms with Gasteiger partial charge in [-0.3, -0.25) is 4.98 Å². The maximum absolute atomic E-state index is 5.63. The van der Waals surface area contributed by atoms with Crippen LogP contribution in [-0.2, 0) is 6.54 Å². The molecule has 0 spiro atoms. The minimum atomic E-state index is 0.479. The summed E-state index contributed by atoms with van der Waals surface area (Å²) in [5, 5.41) is 0. The van der Waals surface area contributed by atoms with Crippen LogP contribution in [0.4, 0.5) is 0 Å². The van der Waals surface area contributed by atoms with E-state index in [0.717, 1.165) is 22.8 Å². The second kappa shape index (κ2) is 3.82. The highest BCUT2D eigenvalue weighted by Crippen LogP contribution is 2.14. The Hall–Kier alpha value is -1.68. The number of pyridine rings is 1. The molecule has 0 fully saturated rings. The Labute approximate surface area is 88.8 Å². The van der Waals surface area contributed by atoms with E-state index in [1.807, 2.05) is 30.5 Å². The third kappa shape index (κ3) is 1.76. The lowest BCUT2D eigenvalue weighted by Crippen LogP contribution is -2.06. The van der Waals surface area contributed by atoms with Crippen LogP contribution in [0, 0.1) is 13.8 Å². The van der Waals surface area contributed by atoms with E-state index < -0.39 is 0 Å². The van der Waals surface area contributed by atoms with Gasteiger partial charge in [0.1, 0.15) is 0 Å². The zero-order chi connectivity index (χ0) is 10.8. The van der Waals surface area contributed by atoms with E-state index in [4.69, 9.17) is 5.73 Å².